The molecule has 24 heavy (non-hydrogen) atoms. The van der Waals surface area contributed by atoms with Crippen molar-refractivity contribution in [3.8, 4) is 0 Å². The first-order valence-corrected chi connectivity index (χ1v) is 8.44. The molecule has 4 nitrogen and oxygen atoms in total. The highest BCUT2D eigenvalue weighted by Gasteiger charge is 2.33. The molecule has 1 heterocycles. The quantitative estimate of drug-likeness (QED) is 0.415. The number of benzene rings is 1. The van der Waals surface area contributed by atoms with Crippen molar-refractivity contribution in [3.05, 3.63) is 35.4 Å². The maximum absolute atomic E-state index is 5.28. The van der Waals surface area contributed by atoms with Crippen LogP contribution in [0.3, 0.4) is 0 Å². The van der Waals surface area contributed by atoms with Crippen molar-refractivity contribution >= 4 is 29.9 Å². The van der Waals surface area contributed by atoms with E-state index in [2.05, 4.69) is 67.6 Å². The molecule has 0 unspecified atom stereocenters. The first-order chi connectivity index (χ1) is 10.8. The minimum atomic E-state index is 0. The zero-order chi connectivity index (χ0) is 16.9. The fraction of sp³-hybridized carbons (Fsp3) is 0.632. The van der Waals surface area contributed by atoms with Crippen molar-refractivity contribution in [1.82, 2.24) is 10.6 Å². The van der Waals surface area contributed by atoms with Crippen molar-refractivity contribution in [2.75, 3.05) is 33.4 Å². The van der Waals surface area contributed by atoms with Gasteiger partial charge in [0.15, 0.2) is 5.96 Å². The van der Waals surface area contributed by atoms with Gasteiger partial charge in [-0.05, 0) is 23.0 Å². The van der Waals surface area contributed by atoms with Crippen LogP contribution in [0.1, 0.15) is 38.8 Å². The number of hydrogen-bond acceptors (Lipinski definition) is 2. The lowest BCUT2D eigenvalue weighted by Crippen LogP contribution is -2.51. The van der Waals surface area contributed by atoms with Gasteiger partial charge in [-0.15, -0.1) is 24.0 Å². The lowest BCUT2D eigenvalue weighted by Gasteiger charge is -2.38. The van der Waals surface area contributed by atoms with Crippen molar-refractivity contribution in [2.45, 2.75) is 39.5 Å². The molecule has 5 heteroatoms. The largest absolute Gasteiger partial charge is 0.380 e. The highest BCUT2D eigenvalue weighted by Crippen LogP contribution is 2.25. The number of rotatable bonds is 5. The summed E-state index contributed by atoms with van der Waals surface area (Å²) in [7, 11) is 1.81. The molecule has 0 aliphatic carbocycles. The molecule has 0 saturated carbocycles. The molecule has 2 rings (SSSR count). The molecule has 0 bridgehead atoms. The van der Waals surface area contributed by atoms with E-state index in [1.165, 1.54) is 11.1 Å². The normalized spacial score (nSPS) is 16.8. The van der Waals surface area contributed by atoms with Crippen LogP contribution in [0.15, 0.2) is 29.3 Å². The third kappa shape index (κ3) is 6.24. The summed E-state index contributed by atoms with van der Waals surface area (Å²) >= 11 is 0. The Morgan fingerprint density at radius 3 is 2.25 bits per heavy atom. The lowest BCUT2D eigenvalue weighted by molar-refractivity contribution is -0.0971. The molecule has 0 amide bonds. The zero-order valence-corrected chi connectivity index (χ0v) is 17.9. The van der Waals surface area contributed by atoms with E-state index in [1.54, 1.807) is 0 Å². The van der Waals surface area contributed by atoms with Crippen LogP contribution in [0.5, 0.6) is 0 Å². The second kappa shape index (κ2) is 9.04. The topological polar surface area (TPSA) is 45.7 Å². The Kier molecular flexibility index (Phi) is 7.99. The van der Waals surface area contributed by atoms with Gasteiger partial charge in [0.25, 0.3) is 0 Å². The Bertz CT molecular complexity index is 531. The van der Waals surface area contributed by atoms with E-state index in [0.717, 1.165) is 38.7 Å². The number of guanidine groups is 1. The van der Waals surface area contributed by atoms with Crippen LogP contribution in [0.4, 0.5) is 0 Å². The highest BCUT2D eigenvalue weighted by molar-refractivity contribution is 14.0. The van der Waals surface area contributed by atoms with Crippen molar-refractivity contribution in [1.29, 1.82) is 0 Å². The van der Waals surface area contributed by atoms with Gasteiger partial charge in [0.2, 0.25) is 0 Å². The molecule has 1 fully saturated rings. The summed E-state index contributed by atoms with van der Waals surface area (Å²) in [6.07, 6.45) is 0.992. The molecule has 1 aromatic carbocycles. The van der Waals surface area contributed by atoms with Gasteiger partial charge in [-0.2, -0.15) is 0 Å². The van der Waals surface area contributed by atoms with Crippen molar-refractivity contribution in [2.24, 2.45) is 10.4 Å². The van der Waals surface area contributed by atoms with Crippen molar-refractivity contribution in [3.63, 3.8) is 0 Å². The average Bonchev–Trinajstić information content (AvgIpc) is 2.48. The summed E-state index contributed by atoms with van der Waals surface area (Å²) in [5, 5.41) is 6.77. The molecular weight excluding hydrogens is 413 g/mol. The van der Waals surface area contributed by atoms with Gasteiger partial charge in [-0.3, -0.25) is 4.99 Å². The Morgan fingerprint density at radius 2 is 1.79 bits per heavy atom. The van der Waals surface area contributed by atoms with Gasteiger partial charge in [-0.25, -0.2) is 0 Å². The minimum Gasteiger partial charge on any atom is -0.380 e. The number of nitrogens with zero attached hydrogens (tertiary/aromatic N) is 1. The summed E-state index contributed by atoms with van der Waals surface area (Å²) < 4.78 is 5.28. The summed E-state index contributed by atoms with van der Waals surface area (Å²) in [5.41, 5.74) is 3.19. The second-order valence-electron chi connectivity index (χ2n) is 7.85. The summed E-state index contributed by atoms with van der Waals surface area (Å²) in [4.78, 5) is 4.28. The lowest BCUT2D eigenvalue weighted by atomic mass is 9.86. The summed E-state index contributed by atoms with van der Waals surface area (Å²) in [6, 6.07) is 8.93. The SMILES string of the molecule is CN=C(NCCc1ccc(C(C)(C)C)cc1)NCC1(C)COC1.I. The molecule has 0 aromatic heterocycles. The van der Waals surface area contributed by atoms with E-state index >= 15 is 0 Å². The molecule has 2 N–H and O–H groups in total. The third-order valence-corrected chi connectivity index (χ3v) is 4.33. The van der Waals surface area contributed by atoms with Gasteiger partial charge in [-0.1, -0.05) is 52.0 Å². The second-order valence-corrected chi connectivity index (χ2v) is 7.85. The van der Waals surface area contributed by atoms with Crippen LogP contribution >= 0.6 is 24.0 Å². The van der Waals surface area contributed by atoms with E-state index in [4.69, 9.17) is 4.74 Å². The number of ether oxygens (including phenoxy) is 1. The number of halogens is 1. The van der Waals surface area contributed by atoms with Gasteiger partial charge in [0.05, 0.1) is 13.2 Å². The minimum absolute atomic E-state index is 0. The van der Waals surface area contributed by atoms with Crippen LogP contribution in [0.25, 0.3) is 0 Å². The molecule has 1 aliphatic rings. The summed E-state index contributed by atoms with van der Waals surface area (Å²) in [5.74, 6) is 0.865. The smallest absolute Gasteiger partial charge is 0.191 e. The molecule has 0 radical (unpaired) electrons. The maximum Gasteiger partial charge on any atom is 0.191 e. The zero-order valence-electron chi connectivity index (χ0n) is 15.6. The van der Waals surface area contributed by atoms with E-state index < -0.39 is 0 Å². The first-order valence-electron chi connectivity index (χ1n) is 8.44. The van der Waals surface area contributed by atoms with Gasteiger partial charge < -0.3 is 15.4 Å². The highest BCUT2D eigenvalue weighted by atomic mass is 127. The van der Waals surface area contributed by atoms with Gasteiger partial charge in [0, 0.05) is 25.6 Å². The van der Waals surface area contributed by atoms with Crippen LogP contribution in [0, 0.1) is 5.41 Å². The van der Waals surface area contributed by atoms with Crippen molar-refractivity contribution < 1.29 is 4.74 Å². The number of aliphatic imine (C=N–C) groups is 1. The first kappa shape index (κ1) is 21.2. The van der Waals surface area contributed by atoms with E-state index in [-0.39, 0.29) is 34.8 Å². The van der Waals surface area contributed by atoms with Crippen LogP contribution in [-0.2, 0) is 16.6 Å². The fourth-order valence-electron chi connectivity index (χ4n) is 2.57. The predicted octanol–water partition coefficient (Wildman–Crippen LogP) is 3.35. The van der Waals surface area contributed by atoms with Crippen LogP contribution < -0.4 is 10.6 Å². The standard InChI is InChI=1S/C19H31N3O.HI/c1-18(2,3)16-8-6-15(7-9-16)10-11-21-17(20-5)22-12-19(4)13-23-14-19;/h6-9H,10-14H2,1-5H3,(H2,20,21,22);1H. The molecule has 136 valence electrons. The molecule has 1 aliphatic heterocycles. The molecular formula is C19H32IN3O. The molecule has 0 spiro atoms. The monoisotopic (exact) mass is 445 g/mol. The molecule has 1 aromatic rings. The Balaban J connectivity index is 0.00000288. The Morgan fingerprint density at radius 1 is 1.17 bits per heavy atom. The number of hydrogen-bond donors (Lipinski definition) is 2. The summed E-state index contributed by atoms with van der Waals surface area (Å²) in [6.45, 7) is 12.4. The van der Waals surface area contributed by atoms with Crippen LogP contribution in [-0.4, -0.2) is 39.3 Å². The molecule has 1 saturated heterocycles. The maximum atomic E-state index is 5.28. The third-order valence-electron chi connectivity index (χ3n) is 4.33. The Labute approximate surface area is 163 Å². The van der Waals surface area contributed by atoms with E-state index in [1.807, 2.05) is 7.05 Å². The number of nitrogens with one attached hydrogen (secondary N) is 2. The average molecular weight is 445 g/mol. The van der Waals surface area contributed by atoms with Crippen LogP contribution in [0.2, 0.25) is 0 Å². The fourth-order valence-corrected chi connectivity index (χ4v) is 2.57. The van der Waals surface area contributed by atoms with Gasteiger partial charge >= 0.3 is 0 Å². The Hall–Kier alpha value is -0.820. The predicted molar refractivity (Wildman–Crippen MR) is 113 cm³/mol. The van der Waals surface area contributed by atoms with E-state index in [9.17, 15) is 0 Å². The van der Waals surface area contributed by atoms with E-state index in [0.29, 0.717) is 0 Å². The van der Waals surface area contributed by atoms with Gasteiger partial charge in [0.1, 0.15) is 0 Å². The molecule has 0 atom stereocenters.